The number of likely N-dealkylation sites (tertiary alicyclic amines) is 1. The number of anilines is 1. The zero-order chi connectivity index (χ0) is 15.4. The smallest absolute Gasteiger partial charge is 0.0564 e. The number of benzene rings is 1. The lowest BCUT2D eigenvalue weighted by Crippen LogP contribution is -2.35. The van der Waals surface area contributed by atoms with Gasteiger partial charge in [-0.1, -0.05) is 38.0 Å². The first kappa shape index (κ1) is 15.8. The van der Waals surface area contributed by atoms with E-state index in [0.717, 1.165) is 38.4 Å². The molecular formula is C19H30N2O. The highest BCUT2D eigenvalue weighted by Gasteiger charge is 2.21. The molecule has 3 nitrogen and oxygen atoms in total. The van der Waals surface area contributed by atoms with Crippen molar-refractivity contribution in [3.8, 4) is 0 Å². The van der Waals surface area contributed by atoms with E-state index in [1.165, 1.54) is 36.9 Å². The molecule has 2 unspecified atom stereocenters. The number of hydrogen-bond acceptors (Lipinski definition) is 3. The summed E-state index contributed by atoms with van der Waals surface area (Å²) in [5.74, 6) is 0.849. The van der Waals surface area contributed by atoms with Gasteiger partial charge in [-0.05, 0) is 43.2 Å². The van der Waals surface area contributed by atoms with Crippen molar-refractivity contribution >= 4 is 5.69 Å². The van der Waals surface area contributed by atoms with Gasteiger partial charge < -0.3 is 10.4 Å². The second kappa shape index (κ2) is 7.47. The van der Waals surface area contributed by atoms with Crippen LogP contribution in [0.3, 0.4) is 0 Å². The maximum Gasteiger partial charge on any atom is 0.0564 e. The molecule has 22 heavy (non-hydrogen) atoms. The summed E-state index contributed by atoms with van der Waals surface area (Å²) < 4.78 is 0. The highest BCUT2D eigenvalue weighted by Crippen LogP contribution is 2.28. The molecule has 2 atom stereocenters. The Kier molecular flexibility index (Phi) is 5.37. The predicted molar refractivity (Wildman–Crippen MR) is 92.0 cm³/mol. The van der Waals surface area contributed by atoms with Crippen molar-refractivity contribution in [3.63, 3.8) is 0 Å². The average Bonchev–Trinajstić information content (AvgIpc) is 2.51. The number of rotatable bonds is 4. The normalized spacial score (nSPS) is 27.7. The summed E-state index contributed by atoms with van der Waals surface area (Å²) in [6, 6.07) is 9.39. The zero-order valence-electron chi connectivity index (χ0n) is 13.8. The van der Waals surface area contributed by atoms with Gasteiger partial charge in [0.05, 0.1) is 6.10 Å². The Morgan fingerprint density at radius 1 is 1.14 bits per heavy atom. The number of nitrogens with one attached hydrogen (secondary N) is 1. The molecule has 122 valence electrons. The molecule has 2 N–H and O–H groups in total. The predicted octanol–water partition coefficient (Wildman–Crippen LogP) is 3.63. The Bertz CT molecular complexity index is 468. The Hall–Kier alpha value is -1.06. The van der Waals surface area contributed by atoms with Crippen LogP contribution in [0.2, 0.25) is 0 Å². The van der Waals surface area contributed by atoms with Crippen LogP contribution in [-0.4, -0.2) is 35.2 Å². The fourth-order valence-corrected chi connectivity index (χ4v) is 3.90. The number of para-hydroxylation sites is 1. The molecule has 3 rings (SSSR count). The summed E-state index contributed by atoms with van der Waals surface area (Å²) in [5, 5.41) is 13.5. The average molecular weight is 302 g/mol. The fraction of sp³-hybridized carbons (Fsp3) is 0.684. The van der Waals surface area contributed by atoms with Crippen LogP contribution in [0.15, 0.2) is 24.3 Å². The minimum Gasteiger partial charge on any atom is -0.393 e. The summed E-state index contributed by atoms with van der Waals surface area (Å²) in [6.07, 6.45) is 7.07. The van der Waals surface area contributed by atoms with E-state index in [1.54, 1.807) is 0 Å². The molecule has 1 aromatic carbocycles. The third-order valence-corrected chi connectivity index (χ3v) is 5.26. The molecule has 0 radical (unpaired) electrons. The SMILES string of the molecule is CC1CCCC(Nc2ccccc2CN2CCC(O)CC2)C1. The number of aliphatic hydroxyl groups is 1. The largest absolute Gasteiger partial charge is 0.393 e. The number of hydrogen-bond donors (Lipinski definition) is 2. The highest BCUT2D eigenvalue weighted by molar-refractivity contribution is 5.51. The lowest BCUT2D eigenvalue weighted by Gasteiger charge is -2.32. The lowest BCUT2D eigenvalue weighted by molar-refractivity contribution is 0.0793. The Morgan fingerprint density at radius 2 is 1.91 bits per heavy atom. The van der Waals surface area contributed by atoms with Gasteiger partial charge in [0.1, 0.15) is 0 Å². The van der Waals surface area contributed by atoms with Crippen molar-refractivity contribution in [2.75, 3.05) is 18.4 Å². The second-order valence-electron chi connectivity index (χ2n) is 7.28. The van der Waals surface area contributed by atoms with Gasteiger partial charge in [0, 0.05) is 31.4 Å². The van der Waals surface area contributed by atoms with Crippen molar-refractivity contribution in [1.82, 2.24) is 4.90 Å². The molecule has 0 spiro atoms. The monoisotopic (exact) mass is 302 g/mol. The van der Waals surface area contributed by atoms with Crippen LogP contribution in [-0.2, 0) is 6.54 Å². The number of piperidine rings is 1. The molecule has 2 aliphatic rings. The van der Waals surface area contributed by atoms with E-state index in [2.05, 4.69) is 41.4 Å². The van der Waals surface area contributed by atoms with Crippen LogP contribution in [0.5, 0.6) is 0 Å². The molecule has 1 heterocycles. The second-order valence-corrected chi connectivity index (χ2v) is 7.28. The van der Waals surface area contributed by atoms with E-state index >= 15 is 0 Å². The van der Waals surface area contributed by atoms with Gasteiger partial charge in [0.25, 0.3) is 0 Å². The standard InChI is InChI=1S/C19H30N2O/c1-15-5-4-7-17(13-15)20-19-8-3-2-6-16(19)14-21-11-9-18(22)10-12-21/h2-3,6,8,15,17-18,20,22H,4-5,7,9-14H2,1H3. The van der Waals surface area contributed by atoms with E-state index in [1.807, 2.05) is 0 Å². The van der Waals surface area contributed by atoms with Crippen molar-refractivity contribution in [1.29, 1.82) is 0 Å². The van der Waals surface area contributed by atoms with Crippen molar-refractivity contribution < 1.29 is 5.11 Å². The zero-order valence-corrected chi connectivity index (χ0v) is 13.8. The van der Waals surface area contributed by atoms with Crippen molar-refractivity contribution in [2.24, 2.45) is 5.92 Å². The highest BCUT2D eigenvalue weighted by atomic mass is 16.3. The Labute approximate surface area is 134 Å². The minimum absolute atomic E-state index is 0.0895. The first-order chi connectivity index (χ1) is 10.7. The van der Waals surface area contributed by atoms with E-state index < -0.39 is 0 Å². The van der Waals surface area contributed by atoms with E-state index in [0.29, 0.717) is 6.04 Å². The Balaban J connectivity index is 1.62. The summed E-state index contributed by atoms with van der Waals surface area (Å²) >= 11 is 0. The third kappa shape index (κ3) is 4.23. The molecule has 1 saturated carbocycles. The molecule has 0 bridgehead atoms. The third-order valence-electron chi connectivity index (χ3n) is 5.26. The molecule has 0 amide bonds. The molecular weight excluding hydrogens is 272 g/mol. The van der Waals surface area contributed by atoms with Crippen LogP contribution in [0, 0.1) is 5.92 Å². The fourth-order valence-electron chi connectivity index (χ4n) is 3.90. The summed E-state index contributed by atoms with van der Waals surface area (Å²) in [5.41, 5.74) is 2.71. The van der Waals surface area contributed by atoms with Gasteiger partial charge in [0.2, 0.25) is 0 Å². The van der Waals surface area contributed by atoms with Crippen LogP contribution in [0.4, 0.5) is 5.69 Å². The molecule has 1 saturated heterocycles. The number of nitrogens with zero attached hydrogens (tertiary/aromatic N) is 1. The minimum atomic E-state index is -0.0895. The van der Waals surface area contributed by atoms with Gasteiger partial charge >= 0.3 is 0 Å². The maximum absolute atomic E-state index is 9.65. The molecule has 2 fully saturated rings. The quantitative estimate of drug-likeness (QED) is 0.891. The van der Waals surface area contributed by atoms with Crippen molar-refractivity contribution in [2.45, 2.75) is 64.1 Å². The summed E-state index contributed by atoms with van der Waals surface area (Å²) in [4.78, 5) is 2.47. The van der Waals surface area contributed by atoms with E-state index in [4.69, 9.17) is 0 Å². The van der Waals surface area contributed by atoms with Crippen LogP contribution >= 0.6 is 0 Å². The van der Waals surface area contributed by atoms with Crippen LogP contribution in [0.25, 0.3) is 0 Å². The Morgan fingerprint density at radius 3 is 2.68 bits per heavy atom. The van der Waals surface area contributed by atoms with E-state index in [-0.39, 0.29) is 6.10 Å². The summed E-state index contributed by atoms with van der Waals surface area (Å²) in [6.45, 7) is 5.39. The first-order valence-electron chi connectivity index (χ1n) is 8.95. The first-order valence-corrected chi connectivity index (χ1v) is 8.95. The van der Waals surface area contributed by atoms with Gasteiger partial charge in [0.15, 0.2) is 0 Å². The summed E-state index contributed by atoms with van der Waals surface area (Å²) in [7, 11) is 0. The lowest BCUT2D eigenvalue weighted by atomic mass is 9.87. The van der Waals surface area contributed by atoms with Crippen LogP contribution < -0.4 is 5.32 Å². The molecule has 1 aliphatic heterocycles. The number of aliphatic hydroxyl groups excluding tert-OH is 1. The molecule has 1 aliphatic carbocycles. The van der Waals surface area contributed by atoms with Crippen molar-refractivity contribution in [3.05, 3.63) is 29.8 Å². The molecule has 3 heteroatoms. The van der Waals surface area contributed by atoms with Gasteiger partial charge in [-0.15, -0.1) is 0 Å². The maximum atomic E-state index is 9.65. The van der Waals surface area contributed by atoms with E-state index in [9.17, 15) is 5.11 Å². The van der Waals surface area contributed by atoms with Gasteiger partial charge in [-0.25, -0.2) is 0 Å². The van der Waals surface area contributed by atoms with Gasteiger partial charge in [-0.3, -0.25) is 4.90 Å². The van der Waals surface area contributed by atoms with Crippen LogP contribution in [0.1, 0.15) is 51.0 Å². The molecule has 0 aromatic heterocycles. The topological polar surface area (TPSA) is 35.5 Å². The molecule has 1 aromatic rings. The van der Waals surface area contributed by atoms with Gasteiger partial charge in [-0.2, -0.15) is 0 Å².